The molecule has 0 spiro atoms. The van der Waals surface area contributed by atoms with Gasteiger partial charge in [-0.15, -0.1) is 0 Å². The first-order valence-corrected chi connectivity index (χ1v) is 5.86. The summed E-state index contributed by atoms with van der Waals surface area (Å²) in [5.74, 6) is 0. The largest absolute Gasteiger partial charge is 0.372 e. The Balaban J connectivity index is 2.95. The fourth-order valence-electron chi connectivity index (χ4n) is 2.09. The van der Waals surface area contributed by atoms with Gasteiger partial charge in [0.15, 0.2) is 0 Å². The lowest BCUT2D eigenvalue weighted by molar-refractivity contribution is 0.0708. The SMILES string of the molecule is Cc1nn(C(C)C)c(C)c1[C@H](C)OCCN. The Morgan fingerprint density at radius 2 is 1.94 bits per heavy atom. The summed E-state index contributed by atoms with van der Waals surface area (Å²) in [7, 11) is 0. The summed E-state index contributed by atoms with van der Waals surface area (Å²) < 4.78 is 7.70. The molecule has 16 heavy (non-hydrogen) atoms. The van der Waals surface area contributed by atoms with E-state index >= 15 is 0 Å². The number of nitrogens with zero attached hydrogens (tertiary/aromatic N) is 2. The van der Waals surface area contributed by atoms with Crippen LogP contribution in [-0.2, 0) is 4.74 Å². The van der Waals surface area contributed by atoms with Crippen molar-refractivity contribution in [1.29, 1.82) is 0 Å². The van der Waals surface area contributed by atoms with Gasteiger partial charge in [-0.2, -0.15) is 5.10 Å². The molecular formula is C12H23N3O. The molecule has 4 nitrogen and oxygen atoms in total. The summed E-state index contributed by atoms with van der Waals surface area (Å²) in [6, 6.07) is 0.383. The minimum Gasteiger partial charge on any atom is -0.372 e. The number of aromatic nitrogens is 2. The van der Waals surface area contributed by atoms with Crippen LogP contribution in [0.15, 0.2) is 0 Å². The van der Waals surface area contributed by atoms with Crippen LogP contribution in [0.1, 0.15) is 49.9 Å². The van der Waals surface area contributed by atoms with Gasteiger partial charge in [-0.1, -0.05) is 0 Å². The van der Waals surface area contributed by atoms with E-state index in [-0.39, 0.29) is 6.10 Å². The van der Waals surface area contributed by atoms with Crippen LogP contribution < -0.4 is 5.73 Å². The van der Waals surface area contributed by atoms with Gasteiger partial charge in [0, 0.05) is 23.8 Å². The second-order valence-corrected chi connectivity index (χ2v) is 4.42. The minimum absolute atomic E-state index is 0.0658. The van der Waals surface area contributed by atoms with Crippen LogP contribution in [0.25, 0.3) is 0 Å². The summed E-state index contributed by atoms with van der Waals surface area (Å²) in [6.45, 7) is 11.6. The molecule has 2 N–H and O–H groups in total. The Morgan fingerprint density at radius 1 is 1.31 bits per heavy atom. The molecule has 1 atom stereocenters. The molecule has 0 bridgehead atoms. The van der Waals surface area contributed by atoms with Crippen molar-refractivity contribution in [3.05, 3.63) is 17.0 Å². The monoisotopic (exact) mass is 225 g/mol. The van der Waals surface area contributed by atoms with Crippen LogP contribution in [0.2, 0.25) is 0 Å². The maximum absolute atomic E-state index is 5.65. The van der Waals surface area contributed by atoms with Crippen LogP contribution in [0.3, 0.4) is 0 Å². The highest BCUT2D eigenvalue weighted by molar-refractivity contribution is 5.27. The van der Waals surface area contributed by atoms with Crippen molar-refractivity contribution in [3.8, 4) is 0 Å². The van der Waals surface area contributed by atoms with E-state index in [1.54, 1.807) is 0 Å². The van der Waals surface area contributed by atoms with Crippen molar-refractivity contribution in [2.75, 3.05) is 13.2 Å². The van der Waals surface area contributed by atoms with Gasteiger partial charge in [0.1, 0.15) is 0 Å². The fraction of sp³-hybridized carbons (Fsp3) is 0.750. The Kier molecular flexibility index (Phi) is 4.50. The number of aryl methyl sites for hydroxylation is 1. The predicted molar refractivity (Wildman–Crippen MR) is 65.5 cm³/mol. The van der Waals surface area contributed by atoms with E-state index in [2.05, 4.69) is 32.8 Å². The molecule has 0 aliphatic rings. The standard InChI is InChI=1S/C12H23N3O/c1-8(2)15-10(4)12(9(3)14-15)11(5)16-7-6-13/h8,11H,6-7,13H2,1-5H3/t11-/m0/s1. The number of hydrogen-bond donors (Lipinski definition) is 1. The maximum atomic E-state index is 5.65. The third-order valence-corrected chi connectivity index (χ3v) is 2.76. The minimum atomic E-state index is 0.0658. The van der Waals surface area contributed by atoms with E-state index in [1.165, 1.54) is 11.3 Å². The Morgan fingerprint density at radius 3 is 2.38 bits per heavy atom. The van der Waals surface area contributed by atoms with Crippen LogP contribution in [0.4, 0.5) is 0 Å². The van der Waals surface area contributed by atoms with E-state index in [4.69, 9.17) is 10.5 Å². The van der Waals surface area contributed by atoms with Crippen molar-refractivity contribution in [2.45, 2.75) is 46.8 Å². The molecule has 1 aromatic heterocycles. The summed E-state index contributed by atoms with van der Waals surface area (Å²) in [5.41, 5.74) is 8.88. The molecule has 0 saturated carbocycles. The number of rotatable bonds is 5. The molecule has 0 amide bonds. The molecule has 0 fully saturated rings. The zero-order chi connectivity index (χ0) is 12.3. The number of nitrogens with two attached hydrogens (primary N) is 1. The molecule has 0 radical (unpaired) electrons. The zero-order valence-corrected chi connectivity index (χ0v) is 10.9. The first kappa shape index (κ1) is 13.2. The first-order chi connectivity index (χ1) is 7.49. The van der Waals surface area contributed by atoms with E-state index in [9.17, 15) is 0 Å². The molecule has 0 aliphatic heterocycles. The lowest BCUT2D eigenvalue weighted by Crippen LogP contribution is -2.12. The van der Waals surface area contributed by atoms with Gasteiger partial charge in [0.25, 0.3) is 0 Å². The van der Waals surface area contributed by atoms with Gasteiger partial charge in [-0.05, 0) is 34.6 Å². The highest BCUT2D eigenvalue weighted by atomic mass is 16.5. The second kappa shape index (κ2) is 5.46. The van der Waals surface area contributed by atoms with Gasteiger partial charge >= 0.3 is 0 Å². The van der Waals surface area contributed by atoms with Crippen LogP contribution >= 0.6 is 0 Å². The first-order valence-electron chi connectivity index (χ1n) is 5.86. The summed E-state index contributed by atoms with van der Waals surface area (Å²) in [4.78, 5) is 0. The van der Waals surface area contributed by atoms with Crippen molar-refractivity contribution in [1.82, 2.24) is 9.78 Å². The van der Waals surface area contributed by atoms with Crippen LogP contribution in [-0.4, -0.2) is 22.9 Å². The smallest absolute Gasteiger partial charge is 0.0833 e. The zero-order valence-electron chi connectivity index (χ0n) is 10.9. The number of ether oxygens (including phenoxy) is 1. The molecule has 1 aromatic rings. The van der Waals surface area contributed by atoms with Crippen LogP contribution in [0, 0.1) is 13.8 Å². The maximum Gasteiger partial charge on any atom is 0.0833 e. The van der Waals surface area contributed by atoms with Gasteiger partial charge < -0.3 is 10.5 Å². The molecule has 1 rings (SSSR count). The van der Waals surface area contributed by atoms with Crippen molar-refractivity contribution in [3.63, 3.8) is 0 Å². The van der Waals surface area contributed by atoms with Gasteiger partial charge in [0.05, 0.1) is 18.4 Å². The summed E-state index contributed by atoms with van der Waals surface area (Å²) in [5, 5.41) is 4.54. The topological polar surface area (TPSA) is 53.1 Å². The van der Waals surface area contributed by atoms with Gasteiger partial charge in [-0.3, -0.25) is 4.68 Å². The molecule has 1 heterocycles. The highest BCUT2D eigenvalue weighted by Crippen LogP contribution is 2.25. The molecule has 0 unspecified atom stereocenters. The molecule has 0 saturated heterocycles. The van der Waals surface area contributed by atoms with Gasteiger partial charge in [0.2, 0.25) is 0 Å². The fourth-order valence-corrected chi connectivity index (χ4v) is 2.09. The third-order valence-electron chi connectivity index (χ3n) is 2.76. The van der Waals surface area contributed by atoms with E-state index in [0.717, 1.165) is 5.69 Å². The van der Waals surface area contributed by atoms with Crippen molar-refractivity contribution in [2.24, 2.45) is 5.73 Å². The lowest BCUT2D eigenvalue weighted by atomic mass is 10.1. The summed E-state index contributed by atoms with van der Waals surface area (Å²) >= 11 is 0. The molecule has 0 aliphatic carbocycles. The van der Waals surface area contributed by atoms with Crippen molar-refractivity contribution >= 4 is 0 Å². The average molecular weight is 225 g/mol. The predicted octanol–water partition coefficient (Wildman–Crippen LogP) is 2.12. The number of hydrogen-bond acceptors (Lipinski definition) is 3. The molecular weight excluding hydrogens is 202 g/mol. The second-order valence-electron chi connectivity index (χ2n) is 4.42. The average Bonchev–Trinajstić information content (AvgIpc) is 2.51. The molecule has 4 heteroatoms. The van der Waals surface area contributed by atoms with E-state index < -0.39 is 0 Å². The highest BCUT2D eigenvalue weighted by Gasteiger charge is 2.18. The molecule has 92 valence electrons. The lowest BCUT2D eigenvalue weighted by Gasteiger charge is -2.14. The Labute approximate surface area is 97.8 Å². The van der Waals surface area contributed by atoms with Crippen molar-refractivity contribution < 1.29 is 4.74 Å². The van der Waals surface area contributed by atoms with Crippen LogP contribution in [0.5, 0.6) is 0 Å². The molecule has 0 aromatic carbocycles. The van der Waals surface area contributed by atoms with E-state index in [0.29, 0.717) is 19.2 Å². The Bertz CT molecular complexity index is 344. The third kappa shape index (κ3) is 2.62. The normalized spacial score (nSPS) is 13.4. The van der Waals surface area contributed by atoms with Gasteiger partial charge in [-0.25, -0.2) is 0 Å². The Hall–Kier alpha value is -0.870. The van der Waals surface area contributed by atoms with E-state index in [1.807, 2.05) is 11.6 Å². The summed E-state index contributed by atoms with van der Waals surface area (Å²) in [6.07, 6.45) is 0.0658. The quantitative estimate of drug-likeness (QED) is 0.835.